The minimum absolute atomic E-state index is 0.675. The highest BCUT2D eigenvalue weighted by Crippen LogP contribution is 2.14. The third-order valence-corrected chi connectivity index (χ3v) is 4.64. The molecule has 0 bridgehead atoms. The lowest BCUT2D eigenvalue weighted by atomic mass is 10.1. The van der Waals surface area contributed by atoms with E-state index in [1.165, 1.54) is 50.1 Å². The number of hydrogen-bond acceptors (Lipinski definition) is 3. The van der Waals surface area contributed by atoms with Gasteiger partial charge in [-0.05, 0) is 51.4 Å². The van der Waals surface area contributed by atoms with Crippen LogP contribution in [0.2, 0.25) is 0 Å². The van der Waals surface area contributed by atoms with Crippen molar-refractivity contribution in [2.24, 2.45) is 5.73 Å². The molecule has 0 aliphatic carbocycles. The van der Waals surface area contributed by atoms with E-state index in [0.717, 1.165) is 19.5 Å². The van der Waals surface area contributed by atoms with E-state index in [4.69, 9.17) is 5.73 Å². The molecule has 2 N–H and O–H groups in total. The summed E-state index contributed by atoms with van der Waals surface area (Å²) in [6, 6.07) is 9.64. The van der Waals surface area contributed by atoms with Crippen LogP contribution in [0.4, 0.5) is 0 Å². The molecule has 2 rings (SSSR count). The van der Waals surface area contributed by atoms with Crippen molar-refractivity contribution in [3.63, 3.8) is 0 Å². The van der Waals surface area contributed by atoms with E-state index in [-0.39, 0.29) is 0 Å². The molecular formula is C18H31N3. The molecule has 0 saturated carbocycles. The summed E-state index contributed by atoms with van der Waals surface area (Å²) in [4.78, 5) is 5.25. The summed E-state index contributed by atoms with van der Waals surface area (Å²) >= 11 is 0. The number of nitrogens with two attached hydrogens (primary N) is 1. The maximum atomic E-state index is 5.76. The van der Waals surface area contributed by atoms with Crippen LogP contribution in [0, 0.1) is 6.92 Å². The van der Waals surface area contributed by atoms with Gasteiger partial charge in [-0.3, -0.25) is 9.80 Å². The lowest BCUT2D eigenvalue weighted by Crippen LogP contribution is -2.39. The van der Waals surface area contributed by atoms with Crippen molar-refractivity contribution in [3.8, 4) is 0 Å². The zero-order chi connectivity index (χ0) is 15.1. The van der Waals surface area contributed by atoms with Crippen LogP contribution >= 0.6 is 0 Å². The third-order valence-electron chi connectivity index (χ3n) is 4.64. The summed E-state index contributed by atoms with van der Waals surface area (Å²) in [5.41, 5.74) is 8.53. The smallest absolute Gasteiger partial charge is 0.0234 e. The summed E-state index contributed by atoms with van der Waals surface area (Å²) in [5.74, 6) is 0. The summed E-state index contributed by atoms with van der Waals surface area (Å²) < 4.78 is 0. The van der Waals surface area contributed by atoms with Gasteiger partial charge in [0.1, 0.15) is 0 Å². The van der Waals surface area contributed by atoms with Crippen LogP contribution in [0.5, 0.6) is 0 Å². The zero-order valence-corrected chi connectivity index (χ0v) is 13.7. The first-order valence-electron chi connectivity index (χ1n) is 8.45. The van der Waals surface area contributed by atoms with Crippen LogP contribution in [-0.4, -0.2) is 48.6 Å². The minimum Gasteiger partial charge on any atom is -0.330 e. The van der Waals surface area contributed by atoms with Crippen molar-refractivity contribution in [1.82, 2.24) is 9.80 Å². The Morgan fingerprint density at radius 2 is 1.86 bits per heavy atom. The SMILES string of the molecule is CCC(CCN)N1CCCN(Cc2ccc(C)cc2)CC1. The van der Waals surface area contributed by atoms with Crippen LogP contribution in [0.1, 0.15) is 37.3 Å². The van der Waals surface area contributed by atoms with Gasteiger partial charge in [0.2, 0.25) is 0 Å². The van der Waals surface area contributed by atoms with Gasteiger partial charge < -0.3 is 5.73 Å². The fraction of sp³-hybridized carbons (Fsp3) is 0.667. The molecule has 3 heteroatoms. The highest BCUT2D eigenvalue weighted by Gasteiger charge is 2.20. The fourth-order valence-electron chi connectivity index (χ4n) is 3.30. The van der Waals surface area contributed by atoms with Gasteiger partial charge in [0, 0.05) is 25.7 Å². The van der Waals surface area contributed by atoms with Crippen molar-refractivity contribution in [2.75, 3.05) is 32.7 Å². The minimum atomic E-state index is 0.675. The maximum absolute atomic E-state index is 5.76. The molecule has 21 heavy (non-hydrogen) atoms. The van der Waals surface area contributed by atoms with E-state index in [0.29, 0.717) is 6.04 Å². The molecule has 118 valence electrons. The monoisotopic (exact) mass is 289 g/mol. The van der Waals surface area contributed by atoms with Gasteiger partial charge in [0.05, 0.1) is 0 Å². The second-order valence-electron chi connectivity index (χ2n) is 6.29. The molecule has 1 saturated heterocycles. The van der Waals surface area contributed by atoms with E-state index < -0.39 is 0 Å². The Bertz CT molecular complexity index is 401. The van der Waals surface area contributed by atoms with Crippen LogP contribution in [0.3, 0.4) is 0 Å². The molecule has 1 unspecified atom stereocenters. The quantitative estimate of drug-likeness (QED) is 0.874. The molecule has 1 atom stereocenters. The largest absolute Gasteiger partial charge is 0.330 e. The molecule has 0 aromatic heterocycles. The normalized spacial score (nSPS) is 19.4. The lowest BCUT2D eigenvalue weighted by molar-refractivity contribution is 0.184. The Kier molecular flexibility index (Phi) is 6.68. The van der Waals surface area contributed by atoms with Gasteiger partial charge in [-0.25, -0.2) is 0 Å². The predicted octanol–water partition coefficient (Wildman–Crippen LogP) is 2.63. The fourth-order valence-corrected chi connectivity index (χ4v) is 3.30. The van der Waals surface area contributed by atoms with Gasteiger partial charge in [-0.15, -0.1) is 0 Å². The van der Waals surface area contributed by atoms with E-state index in [9.17, 15) is 0 Å². The molecule has 0 amide bonds. The van der Waals surface area contributed by atoms with Crippen molar-refractivity contribution in [3.05, 3.63) is 35.4 Å². The molecular weight excluding hydrogens is 258 g/mol. The Labute approximate surface area is 130 Å². The predicted molar refractivity (Wildman–Crippen MR) is 90.4 cm³/mol. The summed E-state index contributed by atoms with van der Waals surface area (Å²) in [6.07, 6.45) is 3.62. The zero-order valence-electron chi connectivity index (χ0n) is 13.7. The van der Waals surface area contributed by atoms with Crippen LogP contribution in [0.15, 0.2) is 24.3 Å². The van der Waals surface area contributed by atoms with Gasteiger partial charge in [0.15, 0.2) is 0 Å². The second kappa shape index (κ2) is 8.52. The Hall–Kier alpha value is -0.900. The lowest BCUT2D eigenvalue weighted by Gasteiger charge is -2.29. The van der Waals surface area contributed by atoms with Gasteiger partial charge in [-0.2, -0.15) is 0 Å². The standard InChI is InChI=1S/C18H31N3/c1-3-18(9-10-19)21-12-4-11-20(13-14-21)15-17-7-5-16(2)6-8-17/h5-8,18H,3-4,9-15,19H2,1-2H3. The van der Waals surface area contributed by atoms with E-state index in [2.05, 4.69) is 47.9 Å². The average Bonchev–Trinajstić information content (AvgIpc) is 2.73. The first-order valence-corrected chi connectivity index (χ1v) is 8.45. The molecule has 1 aliphatic heterocycles. The van der Waals surface area contributed by atoms with Crippen molar-refractivity contribution in [1.29, 1.82) is 0 Å². The average molecular weight is 289 g/mol. The van der Waals surface area contributed by atoms with Crippen molar-refractivity contribution in [2.45, 2.75) is 45.7 Å². The van der Waals surface area contributed by atoms with Crippen LogP contribution in [-0.2, 0) is 6.54 Å². The number of benzene rings is 1. The Morgan fingerprint density at radius 3 is 2.52 bits per heavy atom. The first kappa shape index (κ1) is 16.5. The molecule has 3 nitrogen and oxygen atoms in total. The van der Waals surface area contributed by atoms with Gasteiger partial charge in [-0.1, -0.05) is 36.8 Å². The summed E-state index contributed by atoms with van der Waals surface area (Å²) in [6.45, 7) is 11.1. The maximum Gasteiger partial charge on any atom is 0.0234 e. The van der Waals surface area contributed by atoms with E-state index >= 15 is 0 Å². The second-order valence-corrected chi connectivity index (χ2v) is 6.29. The van der Waals surface area contributed by atoms with E-state index in [1.807, 2.05) is 0 Å². The van der Waals surface area contributed by atoms with E-state index in [1.54, 1.807) is 0 Å². The Morgan fingerprint density at radius 1 is 1.10 bits per heavy atom. The first-order chi connectivity index (χ1) is 10.2. The molecule has 0 radical (unpaired) electrons. The van der Waals surface area contributed by atoms with Gasteiger partial charge in [0.25, 0.3) is 0 Å². The van der Waals surface area contributed by atoms with Crippen molar-refractivity contribution >= 4 is 0 Å². The highest BCUT2D eigenvalue weighted by atomic mass is 15.2. The topological polar surface area (TPSA) is 32.5 Å². The number of rotatable bonds is 6. The van der Waals surface area contributed by atoms with Crippen molar-refractivity contribution < 1.29 is 0 Å². The molecule has 1 fully saturated rings. The molecule has 0 spiro atoms. The number of aryl methyl sites for hydroxylation is 1. The van der Waals surface area contributed by atoms with Crippen LogP contribution in [0.25, 0.3) is 0 Å². The Balaban J connectivity index is 1.86. The third kappa shape index (κ3) is 5.10. The highest BCUT2D eigenvalue weighted by molar-refractivity contribution is 5.21. The number of nitrogens with zero attached hydrogens (tertiary/aromatic N) is 2. The number of hydrogen-bond donors (Lipinski definition) is 1. The van der Waals surface area contributed by atoms with Gasteiger partial charge >= 0.3 is 0 Å². The molecule has 1 aliphatic rings. The summed E-state index contributed by atoms with van der Waals surface area (Å²) in [5, 5.41) is 0. The molecule has 1 aromatic rings. The summed E-state index contributed by atoms with van der Waals surface area (Å²) in [7, 11) is 0. The molecule has 1 heterocycles. The molecule has 1 aromatic carbocycles. The van der Waals surface area contributed by atoms with Crippen LogP contribution < -0.4 is 5.73 Å².